The van der Waals surface area contributed by atoms with Gasteiger partial charge in [-0.2, -0.15) is 0 Å². The van der Waals surface area contributed by atoms with E-state index >= 15 is 0 Å². The molecule has 8 nitrogen and oxygen atoms in total. The maximum Gasteiger partial charge on any atom is 0.573 e. The van der Waals surface area contributed by atoms with Gasteiger partial charge >= 0.3 is 18.3 Å². The zero-order valence-corrected chi connectivity index (χ0v) is 23.0. The minimum Gasteiger partial charge on any atom is -0.494 e. The van der Waals surface area contributed by atoms with Gasteiger partial charge < -0.3 is 24.6 Å². The Balaban J connectivity index is 1.50. The third-order valence-corrected chi connectivity index (χ3v) is 6.13. The van der Waals surface area contributed by atoms with E-state index in [4.69, 9.17) is 9.47 Å². The molecule has 1 atom stereocenters. The Morgan fingerprint density at radius 3 is 1.95 bits per heavy atom. The molecule has 0 aliphatic carbocycles. The largest absolute Gasteiger partial charge is 0.573 e. The van der Waals surface area contributed by atoms with Gasteiger partial charge in [-0.3, -0.25) is 4.79 Å². The van der Waals surface area contributed by atoms with Gasteiger partial charge in [0, 0.05) is 12.0 Å². The second kappa shape index (κ2) is 15.5. The number of alkyl halides is 3. The highest BCUT2D eigenvalue weighted by Gasteiger charge is 2.31. The fourth-order valence-corrected chi connectivity index (χ4v) is 3.93. The lowest BCUT2D eigenvalue weighted by Gasteiger charge is -2.15. The number of carboxylic acids is 1. The van der Waals surface area contributed by atoms with Crippen molar-refractivity contribution < 1.29 is 46.9 Å². The molecule has 0 saturated heterocycles. The van der Waals surface area contributed by atoms with E-state index < -0.39 is 36.0 Å². The van der Waals surface area contributed by atoms with Crippen LogP contribution in [0.3, 0.4) is 0 Å². The predicted octanol–water partition coefficient (Wildman–Crippen LogP) is 6.58. The molecule has 1 unspecified atom stereocenters. The first-order valence-electron chi connectivity index (χ1n) is 13.5. The van der Waals surface area contributed by atoms with Gasteiger partial charge in [0.25, 0.3) is 5.91 Å². The molecule has 0 radical (unpaired) electrons. The smallest absolute Gasteiger partial charge is 0.494 e. The van der Waals surface area contributed by atoms with E-state index in [-0.39, 0.29) is 17.7 Å². The number of carbonyl (C=O) groups excluding carboxylic acids is 2. The highest BCUT2D eigenvalue weighted by Crippen LogP contribution is 2.23. The number of unbranched alkanes of at least 4 members (excludes halogenated alkanes) is 4. The number of benzene rings is 3. The van der Waals surface area contributed by atoms with E-state index in [2.05, 4.69) is 17.0 Å². The predicted molar refractivity (Wildman–Crippen MR) is 148 cm³/mol. The summed E-state index contributed by atoms with van der Waals surface area (Å²) in [6, 6.07) is 15.5. The molecule has 3 aromatic carbocycles. The van der Waals surface area contributed by atoms with Crippen LogP contribution >= 0.6 is 0 Å². The molecule has 0 aromatic heterocycles. The summed E-state index contributed by atoms with van der Waals surface area (Å²) in [5.74, 6) is -2.26. The maximum absolute atomic E-state index is 12.5. The van der Waals surface area contributed by atoms with Crippen molar-refractivity contribution >= 4 is 17.8 Å². The van der Waals surface area contributed by atoms with Gasteiger partial charge in [0.1, 0.15) is 23.3 Å². The average molecular weight is 588 g/mol. The van der Waals surface area contributed by atoms with Crippen molar-refractivity contribution in [1.82, 2.24) is 5.32 Å². The Bertz CT molecular complexity index is 1310. The normalized spacial score (nSPS) is 11.8. The summed E-state index contributed by atoms with van der Waals surface area (Å²) in [4.78, 5) is 36.8. The van der Waals surface area contributed by atoms with E-state index in [0.717, 1.165) is 37.1 Å². The number of esters is 1. The number of halogens is 3. The van der Waals surface area contributed by atoms with E-state index in [1.165, 1.54) is 31.4 Å². The Hall–Kier alpha value is -4.54. The van der Waals surface area contributed by atoms with Gasteiger partial charge in [-0.05, 0) is 72.6 Å². The fraction of sp³-hybridized carbons (Fsp3) is 0.323. The van der Waals surface area contributed by atoms with Gasteiger partial charge in [0.15, 0.2) is 0 Å². The van der Waals surface area contributed by atoms with E-state index in [9.17, 15) is 32.7 Å². The van der Waals surface area contributed by atoms with Crippen LogP contribution in [0.4, 0.5) is 13.2 Å². The Kier molecular flexibility index (Phi) is 11.8. The SMILES string of the molecule is CCCCCCCOc1ccc(C(=O)Oc2ccc(CC(NC(=O)c3ccc(OC(F)(F)F)cc3)C(=O)O)cc2)cc1. The third kappa shape index (κ3) is 10.8. The summed E-state index contributed by atoms with van der Waals surface area (Å²) >= 11 is 0. The fourth-order valence-electron chi connectivity index (χ4n) is 3.93. The highest BCUT2D eigenvalue weighted by atomic mass is 19.4. The topological polar surface area (TPSA) is 111 Å². The molecule has 2 N–H and O–H groups in total. The van der Waals surface area contributed by atoms with E-state index in [1.807, 2.05) is 0 Å². The number of carboxylic acid groups (broad SMARTS) is 1. The second-order valence-electron chi connectivity index (χ2n) is 9.46. The van der Waals surface area contributed by atoms with Gasteiger partial charge in [-0.15, -0.1) is 13.2 Å². The number of hydrogen-bond acceptors (Lipinski definition) is 6. The molecule has 0 saturated carbocycles. The molecule has 0 aliphatic heterocycles. The molecule has 224 valence electrons. The minimum absolute atomic E-state index is 0.0416. The molecule has 42 heavy (non-hydrogen) atoms. The number of amides is 1. The minimum atomic E-state index is -4.88. The molecule has 0 aliphatic rings. The van der Waals surface area contributed by atoms with Crippen molar-refractivity contribution in [3.63, 3.8) is 0 Å². The first kappa shape index (κ1) is 32.0. The van der Waals surface area contributed by atoms with Gasteiger partial charge in [0.2, 0.25) is 0 Å². The molecular formula is C31H32F3NO7. The lowest BCUT2D eigenvalue weighted by molar-refractivity contribution is -0.274. The molecule has 1 amide bonds. The molecule has 11 heteroatoms. The summed E-state index contributed by atoms with van der Waals surface area (Å²) in [6.45, 7) is 2.78. The van der Waals surface area contributed by atoms with Crippen LogP contribution in [0.25, 0.3) is 0 Å². The summed E-state index contributed by atoms with van der Waals surface area (Å²) < 4.78 is 51.8. The number of ether oxygens (including phenoxy) is 3. The average Bonchev–Trinajstić information content (AvgIpc) is 2.95. The van der Waals surface area contributed by atoms with Gasteiger partial charge in [0.05, 0.1) is 12.2 Å². The van der Waals surface area contributed by atoms with Crippen LogP contribution in [0, 0.1) is 0 Å². The number of aliphatic carboxylic acids is 1. The van der Waals surface area contributed by atoms with Crippen LogP contribution in [0.15, 0.2) is 72.8 Å². The first-order chi connectivity index (χ1) is 20.0. The van der Waals surface area contributed by atoms with E-state index in [1.54, 1.807) is 36.4 Å². The monoisotopic (exact) mass is 587 g/mol. The number of nitrogens with one attached hydrogen (secondary N) is 1. The molecule has 0 bridgehead atoms. The first-order valence-corrected chi connectivity index (χ1v) is 13.5. The van der Waals surface area contributed by atoms with Crippen molar-refractivity contribution in [1.29, 1.82) is 0 Å². The zero-order chi connectivity index (χ0) is 30.5. The molecule has 3 rings (SSSR count). The lowest BCUT2D eigenvalue weighted by atomic mass is 10.1. The van der Waals surface area contributed by atoms with Crippen LogP contribution in [-0.2, 0) is 11.2 Å². The third-order valence-electron chi connectivity index (χ3n) is 6.13. The maximum atomic E-state index is 12.5. The summed E-state index contributed by atoms with van der Waals surface area (Å²) in [5, 5.41) is 11.9. The standard InChI is InChI=1S/C31H32F3NO7/c1-2-3-4-5-6-19-40-24-15-11-23(12-16-24)30(39)41-25-13-7-21(8-14-25)20-27(29(37)38)35-28(36)22-9-17-26(18-10-22)42-31(32,33)34/h7-18,27H,2-6,19-20H2,1H3,(H,35,36)(H,37,38). The van der Waals surface area contributed by atoms with Crippen molar-refractivity contribution in [2.24, 2.45) is 0 Å². The van der Waals surface area contributed by atoms with E-state index in [0.29, 0.717) is 23.5 Å². The van der Waals surface area contributed by atoms with Crippen LogP contribution in [0.1, 0.15) is 65.3 Å². The van der Waals surface area contributed by atoms with Crippen molar-refractivity contribution in [3.8, 4) is 17.2 Å². The molecule has 0 spiro atoms. The number of carbonyl (C=O) groups is 3. The molecule has 3 aromatic rings. The Morgan fingerprint density at radius 1 is 0.786 bits per heavy atom. The number of rotatable bonds is 15. The molecule has 0 heterocycles. The Morgan fingerprint density at radius 2 is 1.36 bits per heavy atom. The summed E-state index contributed by atoms with van der Waals surface area (Å²) in [5.41, 5.74) is 0.827. The highest BCUT2D eigenvalue weighted by molar-refractivity contribution is 5.96. The quantitative estimate of drug-likeness (QED) is 0.117. The summed E-state index contributed by atoms with van der Waals surface area (Å²) in [6.07, 6.45) is 0.705. The molecular weight excluding hydrogens is 555 g/mol. The van der Waals surface area contributed by atoms with Crippen LogP contribution in [0.5, 0.6) is 17.2 Å². The van der Waals surface area contributed by atoms with Crippen LogP contribution < -0.4 is 19.5 Å². The Labute approximate surface area is 241 Å². The zero-order valence-electron chi connectivity index (χ0n) is 23.0. The lowest BCUT2D eigenvalue weighted by Crippen LogP contribution is -2.42. The van der Waals surface area contributed by atoms with Crippen molar-refractivity contribution in [3.05, 3.63) is 89.5 Å². The van der Waals surface area contributed by atoms with Gasteiger partial charge in [-0.1, -0.05) is 44.7 Å². The van der Waals surface area contributed by atoms with Crippen LogP contribution in [-0.4, -0.2) is 42.0 Å². The van der Waals surface area contributed by atoms with Crippen LogP contribution in [0.2, 0.25) is 0 Å². The number of hydrogen-bond donors (Lipinski definition) is 2. The van der Waals surface area contributed by atoms with Gasteiger partial charge in [-0.25, -0.2) is 9.59 Å². The summed E-state index contributed by atoms with van der Waals surface area (Å²) in [7, 11) is 0. The molecule has 0 fully saturated rings. The second-order valence-corrected chi connectivity index (χ2v) is 9.46. The van der Waals surface area contributed by atoms with Crippen molar-refractivity contribution in [2.45, 2.75) is 57.9 Å². The van der Waals surface area contributed by atoms with Crippen molar-refractivity contribution in [2.75, 3.05) is 6.61 Å².